The van der Waals surface area contributed by atoms with Gasteiger partial charge in [0, 0.05) is 43.7 Å². The lowest BCUT2D eigenvalue weighted by atomic mass is 9.73. The molecule has 7 nitrogen and oxygen atoms in total. The van der Waals surface area contributed by atoms with Gasteiger partial charge in [0.1, 0.15) is 11.6 Å². The molecule has 7 heteroatoms. The number of aromatic nitrogens is 1. The van der Waals surface area contributed by atoms with Crippen molar-refractivity contribution in [3.05, 3.63) is 33.2 Å². The van der Waals surface area contributed by atoms with E-state index >= 15 is 0 Å². The number of nitrogens with zero attached hydrogens (tertiary/aromatic N) is 3. The van der Waals surface area contributed by atoms with Crippen molar-refractivity contribution in [2.45, 2.75) is 39.5 Å². The number of likely N-dealkylation sites (tertiary alicyclic amines) is 2. The quantitative estimate of drug-likeness (QED) is 0.866. The van der Waals surface area contributed by atoms with Crippen LogP contribution in [0.2, 0.25) is 0 Å². The third kappa shape index (κ3) is 3.24. The molecule has 3 heterocycles. The summed E-state index contributed by atoms with van der Waals surface area (Å²) in [5, 5.41) is 9.07. The van der Waals surface area contributed by atoms with E-state index in [9.17, 15) is 14.4 Å². The minimum absolute atomic E-state index is 0.0496. The highest BCUT2D eigenvalue weighted by Gasteiger charge is 2.42. The second-order valence-electron chi connectivity index (χ2n) is 7.40. The summed E-state index contributed by atoms with van der Waals surface area (Å²) < 4.78 is 0. The average Bonchev–Trinajstić information content (AvgIpc) is 2.64. The number of hydrogen-bond donors (Lipinski definition) is 1. The standard InChI is InChI=1S/C19H24N4O3/c1-3-22-11-19(7-5-16(22)24)6-4-8-23(12-19)18(26)15-9-14(10-20)17(25)21-13(15)2/h9H,3-8,11-12H2,1-2H3,(H,21,25)/t19-/m1/s1. The smallest absolute Gasteiger partial charge is 0.266 e. The van der Waals surface area contributed by atoms with Gasteiger partial charge < -0.3 is 14.8 Å². The van der Waals surface area contributed by atoms with Crippen molar-refractivity contribution in [1.82, 2.24) is 14.8 Å². The van der Waals surface area contributed by atoms with E-state index in [2.05, 4.69) is 4.98 Å². The van der Waals surface area contributed by atoms with Crippen LogP contribution < -0.4 is 5.56 Å². The van der Waals surface area contributed by atoms with E-state index in [1.807, 2.05) is 22.8 Å². The van der Waals surface area contributed by atoms with Gasteiger partial charge in [0.25, 0.3) is 11.5 Å². The van der Waals surface area contributed by atoms with Crippen LogP contribution in [0, 0.1) is 23.7 Å². The Morgan fingerprint density at radius 1 is 1.35 bits per heavy atom. The number of hydrogen-bond acceptors (Lipinski definition) is 4. The number of nitriles is 1. The van der Waals surface area contributed by atoms with E-state index in [4.69, 9.17) is 5.26 Å². The van der Waals surface area contributed by atoms with Crippen LogP contribution in [0.25, 0.3) is 0 Å². The molecule has 26 heavy (non-hydrogen) atoms. The summed E-state index contributed by atoms with van der Waals surface area (Å²) in [4.78, 5) is 43.1. The molecule has 2 aliphatic rings. The molecule has 1 aromatic heterocycles. The first-order chi connectivity index (χ1) is 12.4. The lowest BCUT2D eigenvalue weighted by molar-refractivity contribution is -0.138. The predicted octanol–water partition coefficient (Wildman–Crippen LogP) is 1.42. The van der Waals surface area contributed by atoms with Crippen molar-refractivity contribution in [2.75, 3.05) is 26.2 Å². The summed E-state index contributed by atoms with van der Waals surface area (Å²) in [6.07, 6.45) is 3.24. The maximum atomic E-state index is 13.1. The number of rotatable bonds is 2. The van der Waals surface area contributed by atoms with Crippen molar-refractivity contribution in [3.8, 4) is 6.07 Å². The Labute approximate surface area is 152 Å². The van der Waals surface area contributed by atoms with Gasteiger partial charge in [-0.1, -0.05) is 0 Å². The van der Waals surface area contributed by atoms with Crippen LogP contribution in [0.3, 0.4) is 0 Å². The van der Waals surface area contributed by atoms with E-state index in [1.165, 1.54) is 6.07 Å². The molecule has 138 valence electrons. The van der Waals surface area contributed by atoms with Crippen molar-refractivity contribution in [3.63, 3.8) is 0 Å². The van der Waals surface area contributed by atoms with E-state index in [1.54, 1.807) is 6.92 Å². The molecule has 0 radical (unpaired) electrons. The van der Waals surface area contributed by atoms with Crippen LogP contribution >= 0.6 is 0 Å². The minimum Gasteiger partial charge on any atom is -0.342 e. The van der Waals surface area contributed by atoms with Gasteiger partial charge in [-0.15, -0.1) is 0 Å². The van der Waals surface area contributed by atoms with Gasteiger partial charge in [-0.05, 0) is 39.2 Å². The Morgan fingerprint density at radius 2 is 2.12 bits per heavy atom. The van der Waals surface area contributed by atoms with Gasteiger partial charge in [0.15, 0.2) is 0 Å². The number of carbonyl (C=O) groups excluding carboxylic acids is 2. The molecular formula is C19H24N4O3. The van der Waals surface area contributed by atoms with Crippen LogP contribution in [0.15, 0.2) is 10.9 Å². The third-order valence-electron chi connectivity index (χ3n) is 5.67. The number of carbonyl (C=O) groups is 2. The van der Waals surface area contributed by atoms with Gasteiger partial charge in [0.05, 0.1) is 5.56 Å². The first-order valence-electron chi connectivity index (χ1n) is 9.10. The Kier molecular flexibility index (Phi) is 4.86. The van der Waals surface area contributed by atoms with Crippen LogP contribution in [-0.4, -0.2) is 52.8 Å². The molecule has 1 spiro atoms. The highest BCUT2D eigenvalue weighted by Crippen LogP contribution is 2.39. The molecule has 0 saturated carbocycles. The van der Waals surface area contributed by atoms with Gasteiger partial charge in [-0.3, -0.25) is 14.4 Å². The summed E-state index contributed by atoms with van der Waals surface area (Å²) in [6.45, 7) is 6.31. The average molecular weight is 356 g/mol. The van der Waals surface area contributed by atoms with Gasteiger partial charge in [-0.2, -0.15) is 5.26 Å². The van der Waals surface area contributed by atoms with Crippen LogP contribution in [0.4, 0.5) is 0 Å². The Morgan fingerprint density at radius 3 is 2.81 bits per heavy atom. The van der Waals surface area contributed by atoms with E-state index in [0.29, 0.717) is 43.9 Å². The number of aryl methyl sites for hydroxylation is 1. The Bertz CT molecular complexity index is 838. The lowest BCUT2D eigenvalue weighted by Crippen LogP contribution is -2.55. The maximum Gasteiger partial charge on any atom is 0.266 e. The molecule has 2 saturated heterocycles. The summed E-state index contributed by atoms with van der Waals surface area (Å²) in [6, 6.07) is 3.23. The summed E-state index contributed by atoms with van der Waals surface area (Å²) in [5.74, 6) is 0.0333. The molecule has 2 aliphatic heterocycles. The van der Waals surface area contributed by atoms with Gasteiger partial charge >= 0.3 is 0 Å². The number of nitrogens with one attached hydrogen (secondary N) is 1. The molecule has 0 bridgehead atoms. The minimum atomic E-state index is -0.471. The number of piperidine rings is 2. The molecule has 0 aliphatic carbocycles. The molecule has 0 aromatic carbocycles. The van der Waals surface area contributed by atoms with Crippen molar-refractivity contribution < 1.29 is 9.59 Å². The number of pyridine rings is 1. The predicted molar refractivity (Wildman–Crippen MR) is 95.6 cm³/mol. The summed E-state index contributed by atoms with van der Waals surface area (Å²) in [7, 11) is 0. The molecule has 1 atom stereocenters. The summed E-state index contributed by atoms with van der Waals surface area (Å²) in [5.41, 5.74) is 0.281. The fourth-order valence-electron chi connectivity index (χ4n) is 4.20. The normalized spacial score (nSPS) is 23.2. The first-order valence-corrected chi connectivity index (χ1v) is 9.10. The van der Waals surface area contributed by atoms with Crippen molar-refractivity contribution in [1.29, 1.82) is 5.26 Å². The molecular weight excluding hydrogens is 332 g/mol. The van der Waals surface area contributed by atoms with Crippen LogP contribution in [-0.2, 0) is 4.79 Å². The van der Waals surface area contributed by atoms with E-state index < -0.39 is 5.56 Å². The zero-order valence-corrected chi connectivity index (χ0v) is 15.3. The van der Waals surface area contributed by atoms with Gasteiger partial charge in [0.2, 0.25) is 5.91 Å². The number of amides is 2. The Hall–Kier alpha value is -2.62. The Balaban J connectivity index is 1.84. The van der Waals surface area contributed by atoms with E-state index in [-0.39, 0.29) is 22.8 Å². The van der Waals surface area contributed by atoms with Crippen molar-refractivity contribution >= 4 is 11.8 Å². The zero-order chi connectivity index (χ0) is 18.9. The number of H-pyrrole nitrogens is 1. The largest absolute Gasteiger partial charge is 0.342 e. The lowest BCUT2D eigenvalue weighted by Gasteiger charge is -2.48. The monoisotopic (exact) mass is 356 g/mol. The third-order valence-corrected chi connectivity index (χ3v) is 5.67. The van der Waals surface area contributed by atoms with Crippen LogP contribution in [0.5, 0.6) is 0 Å². The number of aromatic amines is 1. The van der Waals surface area contributed by atoms with Crippen molar-refractivity contribution in [2.24, 2.45) is 5.41 Å². The fourth-order valence-corrected chi connectivity index (χ4v) is 4.20. The van der Waals surface area contributed by atoms with Crippen LogP contribution in [0.1, 0.15) is 54.2 Å². The summed E-state index contributed by atoms with van der Waals surface area (Å²) >= 11 is 0. The first kappa shape index (κ1) is 18.2. The molecule has 1 aromatic rings. The topological polar surface area (TPSA) is 97.3 Å². The van der Waals surface area contributed by atoms with Gasteiger partial charge in [-0.25, -0.2) is 0 Å². The van der Waals surface area contributed by atoms with E-state index in [0.717, 1.165) is 19.3 Å². The fraction of sp³-hybridized carbons (Fsp3) is 0.579. The highest BCUT2D eigenvalue weighted by atomic mass is 16.2. The molecule has 0 unspecified atom stereocenters. The molecule has 2 fully saturated rings. The zero-order valence-electron chi connectivity index (χ0n) is 15.3. The molecule has 3 rings (SSSR count). The molecule has 2 amide bonds. The second-order valence-corrected chi connectivity index (χ2v) is 7.40. The maximum absolute atomic E-state index is 13.1. The highest BCUT2D eigenvalue weighted by molar-refractivity contribution is 5.95. The molecule has 1 N–H and O–H groups in total. The second kappa shape index (κ2) is 6.94. The SMILES string of the molecule is CCN1C[C@@]2(CCCN(C(=O)c3cc(C#N)c(=O)[nH]c3C)C2)CCC1=O.